The maximum atomic E-state index is 13.3. The maximum Gasteiger partial charge on any atom is 0.323 e. The molecule has 0 unspecified atom stereocenters. The lowest BCUT2D eigenvalue weighted by Crippen LogP contribution is -2.35. The number of pyridine rings is 1. The van der Waals surface area contributed by atoms with Crippen molar-refractivity contribution in [3.05, 3.63) is 83.2 Å². The van der Waals surface area contributed by atoms with Crippen LogP contribution in [0.5, 0.6) is 0 Å². The van der Waals surface area contributed by atoms with Gasteiger partial charge in [-0.25, -0.2) is 4.79 Å². The zero-order valence-corrected chi connectivity index (χ0v) is 20.6. The Labute approximate surface area is 207 Å². The molecule has 2 aromatic carbocycles. The second-order valence-electron chi connectivity index (χ2n) is 9.27. The number of amides is 3. The largest absolute Gasteiger partial charge is 0.371 e. The third-order valence-electron chi connectivity index (χ3n) is 6.65. The van der Waals surface area contributed by atoms with Gasteiger partial charge in [0, 0.05) is 49.1 Å². The lowest BCUT2D eigenvalue weighted by molar-refractivity contribution is 0.0951. The minimum Gasteiger partial charge on any atom is -0.371 e. The van der Waals surface area contributed by atoms with Crippen LogP contribution in [-0.4, -0.2) is 30.0 Å². The number of piperidine rings is 1. The van der Waals surface area contributed by atoms with Crippen molar-refractivity contribution in [2.45, 2.75) is 40.2 Å². The van der Waals surface area contributed by atoms with Gasteiger partial charge in [-0.15, -0.1) is 0 Å². The van der Waals surface area contributed by atoms with Gasteiger partial charge in [-0.05, 0) is 79.6 Å². The van der Waals surface area contributed by atoms with Crippen LogP contribution >= 0.6 is 0 Å². The molecular weight excluding hydrogens is 438 g/mol. The quantitative estimate of drug-likeness (QED) is 0.443. The molecule has 0 aliphatic carbocycles. The summed E-state index contributed by atoms with van der Waals surface area (Å²) in [5.74, 6) is 0.505. The lowest BCUT2D eigenvalue weighted by Gasteiger charge is -2.33. The number of hydrogen-bond acceptors (Lipinski definition) is 4. The van der Waals surface area contributed by atoms with Crippen molar-refractivity contribution in [1.29, 1.82) is 0 Å². The van der Waals surface area contributed by atoms with E-state index in [0.29, 0.717) is 23.7 Å². The molecule has 1 fully saturated rings. The van der Waals surface area contributed by atoms with Crippen molar-refractivity contribution in [3.8, 4) is 0 Å². The number of benzene rings is 2. The Morgan fingerprint density at radius 1 is 1.03 bits per heavy atom. The number of aromatic nitrogens is 1. The average Bonchev–Trinajstić information content (AvgIpc) is 2.86. The standard InChI is InChI=1S/C28H33N5O2/c1-19-11-14-33(15-12-19)26-10-9-23(31-28(35)32-25-8-4-6-20(2)21(25)3)16-24(26)27(34)30-18-22-7-5-13-29-17-22/h4-10,13,16-17,19H,11-12,14-15,18H2,1-3H3,(H,30,34)(H2,31,32,35). The van der Waals surface area contributed by atoms with E-state index in [1.807, 2.05) is 56.3 Å². The van der Waals surface area contributed by atoms with Crippen molar-refractivity contribution in [2.75, 3.05) is 28.6 Å². The first kappa shape index (κ1) is 24.3. The molecule has 7 heteroatoms. The van der Waals surface area contributed by atoms with Gasteiger partial charge < -0.3 is 20.9 Å². The predicted octanol–water partition coefficient (Wildman–Crippen LogP) is 5.51. The van der Waals surface area contributed by atoms with Crippen LogP contribution in [0.3, 0.4) is 0 Å². The van der Waals surface area contributed by atoms with Crippen LogP contribution in [0, 0.1) is 19.8 Å². The normalized spacial score (nSPS) is 13.9. The zero-order chi connectivity index (χ0) is 24.8. The van der Waals surface area contributed by atoms with Crippen LogP contribution in [0.4, 0.5) is 21.9 Å². The molecule has 1 saturated heterocycles. The molecule has 3 N–H and O–H groups in total. The Morgan fingerprint density at radius 3 is 2.57 bits per heavy atom. The summed E-state index contributed by atoms with van der Waals surface area (Å²) >= 11 is 0. The second-order valence-corrected chi connectivity index (χ2v) is 9.27. The second kappa shape index (κ2) is 11.0. The van der Waals surface area contributed by atoms with Crippen molar-refractivity contribution >= 4 is 29.0 Å². The fourth-order valence-electron chi connectivity index (χ4n) is 4.27. The molecule has 0 bridgehead atoms. The molecule has 0 spiro atoms. The van der Waals surface area contributed by atoms with E-state index in [0.717, 1.165) is 54.0 Å². The minimum atomic E-state index is -0.347. The fourth-order valence-corrected chi connectivity index (χ4v) is 4.27. The summed E-state index contributed by atoms with van der Waals surface area (Å²) in [7, 11) is 0. The Balaban J connectivity index is 1.53. The van der Waals surface area contributed by atoms with Crippen molar-refractivity contribution in [2.24, 2.45) is 5.92 Å². The molecule has 1 aromatic heterocycles. The number of carbonyl (C=O) groups excluding carboxylic acids is 2. The van der Waals surface area contributed by atoms with E-state index in [4.69, 9.17) is 0 Å². The van der Waals surface area contributed by atoms with Crippen molar-refractivity contribution in [1.82, 2.24) is 10.3 Å². The summed E-state index contributed by atoms with van der Waals surface area (Å²) in [4.78, 5) is 32.4. The van der Waals surface area contributed by atoms with E-state index in [2.05, 4.69) is 32.8 Å². The van der Waals surface area contributed by atoms with E-state index in [9.17, 15) is 9.59 Å². The number of nitrogens with zero attached hydrogens (tertiary/aromatic N) is 2. The van der Waals surface area contributed by atoms with Gasteiger partial charge in [0.1, 0.15) is 0 Å². The summed E-state index contributed by atoms with van der Waals surface area (Å²) in [6.07, 6.45) is 5.63. The van der Waals surface area contributed by atoms with Crippen LogP contribution in [0.15, 0.2) is 60.9 Å². The number of urea groups is 1. The molecule has 4 rings (SSSR count). The third-order valence-corrected chi connectivity index (χ3v) is 6.65. The molecule has 7 nitrogen and oxygen atoms in total. The van der Waals surface area contributed by atoms with Crippen molar-refractivity contribution in [3.63, 3.8) is 0 Å². The van der Waals surface area contributed by atoms with Crippen LogP contribution < -0.4 is 20.9 Å². The van der Waals surface area contributed by atoms with Crippen LogP contribution in [0.2, 0.25) is 0 Å². The van der Waals surface area contributed by atoms with Gasteiger partial charge in [-0.3, -0.25) is 9.78 Å². The molecular formula is C28H33N5O2. The van der Waals surface area contributed by atoms with Gasteiger partial charge >= 0.3 is 6.03 Å². The van der Waals surface area contributed by atoms with Gasteiger partial charge in [-0.2, -0.15) is 0 Å². The smallest absolute Gasteiger partial charge is 0.323 e. The van der Waals surface area contributed by atoms with Gasteiger partial charge in [-0.1, -0.05) is 25.1 Å². The molecule has 1 aliphatic heterocycles. The minimum absolute atomic E-state index is 0.180. The number of rotatable bonds is 6. The highest BCUT2D eigenvalue weighted by Crippen LogP contribution is 2.29. The van der Waals surface area contributed by atoms with E-state index < -0.39 is 0 Å². The van der Waals surface area contributed by atoms with E-state index in [1.165, 1.54) is 0 Å². The molecule has 35 heavy (non-hydrogen) atoms. The molecule has 1 aliphatic rings. The number of hydrogen-bond donors (Lipinski definition) is 3. The maximum absolute atomic E-state index is 13.3. The van der Waals surface area contributed by atoms with Crippen molar-refractivity contribution < 1.29 is 9.59 Å². The van der Waals surface area contributed by atoms with Crippen LogP contribution in [0.1, 0.15) is 46.8 Å². The lowest BCUT2D eigenvalue weighted by atomic mass is 9.97. The highest BCUT2D eigenvalue weighted by Gasteiger charge is 2.22. The molecule has 0 atom stereocenters. The molecule has 3 amide bonds. The van der Waals surface area contributed by atoms with E-state index >= 15 is 0 Å². The van der Waals surface area contributed by atoms with Gasteiger partial charge in [0.25, 0.3) is 5.91 Å². The number of carbonyl (C=O) groups is 2. The Bertz CT molecular complexity index is 1190. The predicted molar refractivity (Wildman–Crippen MR) is 141 cm³/mol. The average molecular weight is 472 g/mol. The number of aryl methyl sites for hydroxylation is 1. The molecule has 0 radical (unpaired) electrons. The summed E-state index contributed by atoms with van der Waals surface area (Å²) < 4.78 is 0. The Morgan fingerprint density at radius 2 is 1.83 bits per heavy atom. The summed E-state index contributed by atoms with van der Waals surface area (Å²) in [6, 6.07) is 14.8. The zero-order valence-electron chi connectivity index (χ0n) is 20.6. The first-order chi connectivity index (χ1) is 16.9. The SMILES string of the molecule is Cc1cccc(NC(=O)Nc2ccc(N3CCC(C)CC3)c(C(=O)NCc3cccnc3)c2)c1C. The molecule has 2 heterocycles. The molecule has 182 valence electrons. The highest BCUT2D eigenvalue weighted by molar-refractivity contribution is 6.04. The fraction of sp³-hybridized carbons (Fsp3) is 0.321. The summed E-state index contributed by atoms with van der Waals surface area (Å²) in [5, 5.41) is 8.80. The monoisotopic (exact) mass is 471 g/mol. The van der Waals surface area contributed by atoms with Crippen LogP contribution in [-0.2, 0) is 6.54 Å². The molecule has 3 aromatic rings. The number of anilines is 3. The van der Waals surface area contributed by atoms with Gasteiger partial charge in [0.2, 0.25) is 0 Å². The van der Waals surface area contributed by atoms with E-state index in [-0.39, 0.29) is 11.9 Å². The number of nitrogens with one attached hydrogen (secondary N) is 3. The first-order valence-electron chi connectivity index (χ1n) is 12.1. The third kappa shape index (κ3) is 6.18. The summed E-state index contributed by atoms with van der Waals surface area (Å²) in [5.41, 5.74) is 5.82. The topological polar surface area (TPSA) is 86.4 Å². The highest BCUT2D eigenvalue weighted by atomic mass is 16.2. The van der Waals surface area contributed by atoms with Gasteiger partial charge in [0.05, 0.1) is 5.56 Å². The molecule has 0 saturated carbocycles. The Hall–Kier alpha value is -3.87. The van der Waals surface area contributed by atoms with Gasteiger partial charge in [0.15, 0.2) is 0 Å². The Kier molecular flexibility index (Phi) is 7.65. The first-order valence-corrected chi connectivity index (χ1v) is 12.1. The van der Waals surface area contributed by atoms with Crippen LogP contribution in [0.25, 0.3) is 0 Å². The summed E-state index contributed by atoms with van der Waals surface area (Å²) in [6.45, 7) is 8.45. The van der Waals surface area contributed by atoms with E-state index in [1.54, 1.807) is 18.5 Å².